The molecule has 1 N–H and O–H groups in total. The summed E-state index contributed by atoms with van der Waals surface area (Å²) in [5.41, 5.74) is 3.89. The first-order chi connectivity index (χ1) is 8.69. The van der Waals surface area contributed by atoms with E-state index in [1.165, 1.54) is 16.7 Å². The Hall–Kier alpha value is -1.61. The normalized spacial score (nSPS) is 11.1. The molecule has 2 aromatic rings. The van der Waals surface area contributed by atoms with Gasteiger partial charge in [0.15, 0.2) is 0 Å². The molecule has 0 aliphatic carbocycles. The van der Waals surface area contributed by atoms with Crippen molar-refractivity contribution in [2.75, 3.05) is 7.05 Å². The van der Waals surface area contributed by atoms with E-state index in [1.807, 2.05) is 17.9 Å². The molecule has 1 heterocycles. The zero-order valence-electron chi connectivity index (χ0n) is 11.4. The maximum absolute atomic E-state index is 4.36. The zero-order chi connectivity index (χ0) is 13.0. The fraction of sp³-hybridized carbons (Fsp3) is 0.400. The molecule has 0 aliphatic heterocycles. The van der Waals surface area contributed by atoms with Crippen LogP contribution in [0.25, 0.3) is 0 Å². The quantitative estimate of drug-likeness (QED) is 0.875. The largest absolute Gasteiger partial charge is 0.316 e. The Balaban J connectivity index is 2.03. The van der Waals surface area contributed by atoms with Gasteiger partial charge < -0.3 is 5.32 Å². The summed E-state index contributed by atoms with van der Waals surface area (Å²) in [7, 11) is 1.95. The standard InChI is InChI=1S/C15H21N3/c1-12(2)15-6-4-13(5-7-15)10-18-11-14(8-16-3)9-17-18/h4-7,9,11-12,16H,8,10H2,1-3H3. The SMILES string of the molecule is CNCc1cnn(Cc2ccc(C(C)C)cc2)c1. The van der Waals surface area contributed by atoms with Crippen LogP contribution < -0.4 is 5.32 Å². The third kappa shape index (κ3) is 3.20. The predicted octanol–water partition coefficient (Wildman–Crippen LogP) is 2.77. The second-order valence-corrected chi connectivity index (χ2v) is 4.97. The lowest BCUT2D eigenvalue weighted by atomic mass is 10.0. The summed E-state index contributed by atoms with van der Waals surface area (Å²) in [5.74, 6) is 0.589. The van der Waals surface area contributed by atoms with Crippen molar-refractivity contribution in [3.63, 3.8) is 0 Å². The van der Waals surface area contributed by atoms with E-state index >= 15 is 0 Å². The van der Waals surface area contributed by atoms with Crippen molar-refractivity contribution in [2.45, 2.75) is 32.9 Å². The smallest absolute Gasteiger partial charge is 0.0659 e. The second kappa shape index (κ2) is 5.83. The first-order valence-corrected chi connectivity index (χ1v) is 6.44. The molecular weight excluding hydrogens is 222 g/mol. The molecule has 0 radical (unpaired) electrons. The lowest BCUT2D eigenvalue weighted by molar-refractivity contribution is 0.684. The molecule has 0 amide bonds. The van der Waals surface area contributed by atoms with Crippen molar-refractivity contribution in [1.29, 1.82) is 0 Å². The molecule has 0 unspecified atom stereocenters. The van der Waals surface area contributed by atoms with E-state index in [0.717, 1.165) is 13.1 Å². The minimum atomic E-state index is 0.589. The van der Waals surface area contributed by atoms with Crippen molar-refractivity contribution in [1.82, 2.24) is 15.1 Å². The van der Waals surface area contributed by atoms with E-state index in [9.17, 15) is 0 Å². The van der Waals surface area contributed by atoms with E-state index in [-0.39, 0.29) is 0 Å². The van der Waals surface area contributed by atoms with E-state index in [0.29, 0.717) is 5.92 Å². The summed E-state index contributed by atoms with van der Waals surface area (Å²) < 4.78 is 1.98. The lowest BCUT2D eigenvalue weighted by Gasteiger charge is -2.07. The van der Waals surface area contributed by atoms with Gasteiger partial charge in [-0.3, -0.25) is 4.68 Å². The van der Waals surface area contributed by atoms with Crippen LogP contribution in [0.5, 0.6) is 0 Å². The molecule has 96 valence electrons. The summed E-state index contributed by atoms with van der Waals surface area (Å²) in [6, 6.07) is 8.79. The van der Waals surface area contributed by atoms with Gasteiger partial charge in [0, 0.05) is 18.3 Å². The Morgan fingerprint density at radius 1 is 1.17 bits per heavy atom. The number of nitrogens with one attached hydrogen (secondary N) is 1. The number of hydrogen-bond acceptors (Lipinski definition) is 2. The Labute approximate surface area is 109 Å². The molecule has 3 heteroatoms. The van der Waals surface area contributed by atoms with Crippen LogP contribution in [0, 0.1) is 0 Å². The lowest BCUT2D eigenvalue weighted by Crippen LogP contribution is -2.04. The van der Waals surface area contributed by atoms with Gasteiger partial charge in [-0.05, 0) is 24.1 Å². The van der Waals surface area contributed by atoms with Gasteiger partial charge >= 0.3 is 0 Å². The number of benzene rings is 1. The zero-order valence-corrected chi connectivity index (χ0v) is 11.4. The van der Waals surface area contributed by atoms with Crippen LogP contribution in [0.1, 0.15) is 36.5 Å². The average Bonchev–Trinajstić information content (AvgIpc) is 2.78. The van der Waals surface area contributed by atoms with Crippen molar-refractivity contribution < 1.29 is 0 Å². The number of nitrogens with zero attached hydrogens (tertiary/aromatic N) is 2. The van der Waals surface area contributed by atoms with E-state index in [2.05, 4.69) is 54.7 Å². The van der Waals surface area contributed by atoms with Crippen molar-refractivity contribution in [3.8, 4) is 0 Å². The summed E-state index contributed by atoms with van der Waals surface area (Å²) in [6.07, 6.45) is 4.01. The van der Waals surface area contributed by atoms with Crippen LogP contribution >= 0.6 is 0 Å². The minimum absolute atomic E-state index is 0.589. The molecule has 0 bridgehead atoms. The van der Waals surface area contributed by atoms with Crippen LogP contribution in [0.2, 0.25) is 0 Å². The summed E-state index contributed by atoms with van der Waals surface area (Å²) >= 11 is 0. The van der Waals surface area contributed by atoms with Gasteiger partial charge in [0.1, 0.15) is 0 Å². The summed E-state index contributed by atoms with van der Waals surface area (Å²) in [6.45, 7) is 6.13. The maximum Gasteiger partial charge on any atom is 0.0659 e. The molecule has 2 rings (SSSR count). The van der Waals surface area contributed by atoms with Gasteiger partial charge in [0.25, 0.3) is 0 Å². The van der Waals surface area contributed by atoms with Gasteiger partial charge in [-0.1, -0.05) is 38.1 Å². The Bertz CT molecular complexity index is 483. The van der Waals surface area contributed by atoms with Crippen molar-refractivity contribution >= 4 is 0 Å². The van der Waals surface area contributed by atoms with Gasteiger partial charge in [0.05, 0.1) is 12.7 Å². The third-order valence-electron chi connectivity index (χ3n) is 3.06. The van der Waals surface area contributed by atoms with E-state index < -0.39 is 0 Å². The molecule has 0 atom stereocenters. The fourth-order valence-corrected chi connectivity index (χ4v) is 1.98. The van der Waals surface area contributed by atoms with E-state index in [4.69, 9.17) is 0 Å². The molecule has 0 saturated heterocycles. The van der Waals surface area contributed by atoms with Crippen molar-refractivity contribution in [2.24, 2.45) is 0 Å². The first-order valence-electron chi connectivity index (χ1n) is 6.44. The van der Waals surface area contributed by atoms with Crippen LogP contribution in [-0.4, -0.2) is 16.8 Å². The van der Waals surface area contributed by atoms with Crippen LogP contribution in [0.3, 0.4) is 0 Å². The number of rotatable bonds is 5. The number of aromatic nitrogens is 2. The number of hydrogen-bond donors (Lipinski definition) is 1. The highest BCUT2D eigenvalue weighted by Crippen LogP contribution is 2.15. The molecular formula is C15H21N3. The first kappa shape index (κ1) is 12.8. The fourth-order valence-electron chi connectivity index (χ4n) is 1.98. The molecule has 18 heavy (non-hydrogen) atoms. The Morgan fingerprint density at radius 3 is 2.50 bits per heavy atom. The van der Waals surface area contributed by atoms with Gasteiger partial charge in [-0.25, -0.2) is 0 Å². The molecule has 0 fully saturated rings. The summed E-state index contributed by atoms with van der Waals surface area (Å²) in [4.78, 5) is 0. The Kier molecular flexibility index (Phi) is 4.15. The van der Waals surface area contributed by atoms with Gasteiger partial charge in [0.2, 0.25) is 0 Å². The maximum atomic E-state index is 4.36. The highest BCUT2D eigenvalue weighted by atomic mass is 15.3. The molecule has 0 saturated carbocycles. The minimum Gasteiger partial charge on any atom is -0.316 e. The highest BCUT2D eigenvalue weighted by Gasteiger charge is 2.01. The molecule has 0 aliphatic rings. The van der Waals surface area contributed by atoms with Crippen LogP contribution in [0.4, 0.5) is 0 Å². The average molecular weight is 243 g/mol. The summed E-state index contributed by atoms with van der Waals surface area (Å²) in [5, 5.41) is 7.49. The third-order valence-corrected chi connectivity index (χ3v) is 3.06. The molecule has 1 aromatic carbocycles. The monoisotopic (exact) mass is 243 g/mol. The predicted molar refractivity (Wildman–Crippen MR) is 74.6 cm³/mol. The van der Waals surface area contributed by atoms with E-state index in [1.54, 1.807) is 0 Å². The topological polar surface area (TPSA) is 29.9 Å². The molecule has 0 spiro atoms. The van der Waals surface area contributed by atoms with Crippen molar-refractivity contribution in [3.05, 3.63) is 53.3 Å². The second-order valence-electron chi connectivity index (χ2n) is 4.97. The van der Waals surface area contributed by atoms with Gasteiger partial charge in [-0.2, -0.15) is 5.10 Å². The highest BCUT2D eigenvalue weighted by molar-refractivity contribution is 5.24. The van der Waals surface area contributed by atoms with Gasteiger partial charge in [-0.15, -0.1) is 0 Å². The molecule has 1 aromatic heterocycles. The molecule has 3 nitrogen and oxygen atoms in total. The Morgan fingerprint density at radius 2 is 1.89 bits per heavy atom. The van der Waals surface area contributed by atoms with Crippen LogP contribution in [0.15, 0.2) is 36.7 Å². The van der Waals surface area contributed by atoms with Crippen LogP contribution in [-0.2, 0) is 13.1 Å².